The van der Waals surface area contributed by atoms with E-state index in [2.05, 4.69) is 34.3 Å². The number of anilines is 2. The van der Waals surface area contributed by atoms with Crippen LogP contribution >= 0.6 is 11.6 Å². The fourth-order valence-corrected chi connectivity index (χ4v) is 2.44. The van der Waals surface area contributed by atoms with Gasteiger partial charge in [-0.3, -0.25) is 0 Å². The molecule has 3 rings (SSSR count). The lowest BCUT2D eigenvalue weighted by Gasteiger charge is -2.10. The first-order chi connectivity index (χ1) is 11.6. The van der Waals surface area contributed by atoms with Crippen molar-refractivity contribution in [3.8, 4) is 5.75 Å². The fraction of sp³-hybridized carbons (Fsp3) is 0.158. The maximum Gasteiger partial charge on any atom is 0.168 e. The number of nitrogens with zero attached hydrogens (tertiary/aromatic N) is 2. The molecule has 1 heterocycles. The van der Waals surface area contributed by atoms with Gasteiger partial charge in [0.1, 0.15) is 18.2 Å². The van der Waals surface area contributed by atoms with E-state index in [4.69, 9.17) is 16.3 Å². The van der Waals surface area contributed by atoms with Crippen LogP contribution in [-0.2, 0) is 6.61 Å². The topological polar surface area (TPSA) is 47.0 Å². The predicted octanol–water partition coefficient (Wildman–Crippen LogP) is 5.07. The summed E-state index contributed by atoms with van der Waals surface area (Å²) in [6.07, 6.45) is 0. The molecule has 0 saturated carbocycles. The lowest BCUT2D eigenvalue weighted by Crippen LogP contribution is -2.05. The van der Waals surface area contributed by atoms with E-state index in [0.717, 1.165) is 17.2 Å². The van der Waals surface area contributed by atoms with Gasteiger partial charge in [0, 0.05) is 17.4 Å². The number of aromatic nitrogens is 2. The van der Waals surface area contributed by atoms with Crippen LogP contribution in [0.4, 0.5) is 11.5 Å². The van der Waals surface area contributed by atoms with E-state index in [1.54, 1.807) is 6.07 Å². The first kappa shape index (κ1) is 16.3. The Labute approximate surface area is 146 Å². The largest absolute Gasteiger partial charge is 0.484 e. The normalized spacial score (nSPS) is 10.5. The van der Waals surface area contributed by atoms with E-state index >= 15 is 0 Å². The zero-order chi connectivity index (χ0) is 16.9. The van der Waals surface area contributed by atoms with Gasteiger partial charge >= 0.3 is 0 Å². The zero-order valence-electron chi connectivity index (χ0n) is 13.6. The Morgan fingerprint density at radius 3 is 2.50 bits per heavy atom. The Balaban J connectivity index is 1.74. The molecule has 0 fully saturated rings. The van der Waals surface area contributed by atoms with Gasteiger partial charge in [0.25, 0.3) is 0 Å². The molecule has 0 atom stereocenters. The van der Waals surface area contributed by atoms with E-state index < -0.39 is 0 Å². The van der Waals surface area contributed by atoms with Crippen molar-refractivity contribution < 1.29 is 4.74 Å². The summed E-state index contributed by atoms with van der Waals surface area (Å²) in [4.78, 5) is 8.92. The van der Waals surface area contributed by atoms with Crippen LogP contribution in [0.5, 0.6) is 5.75 Å². The molecule has 0 amide bonds. The smallest absolute Gasteiger partial charge is 0.168 e. The number of hydrogen-bond acceptors (Lipinski definition) is 4. The second-order valence-corrected chi connectivity index (χ2v) is 5.93. The van der Waals surface area contributed by atoms with Gasteiger partial charge in [-0.15, -0.1) is 0 Å². The summed E-state index contributed by atoms with van der Waals surface area (Å²) in [5.41, 5.74) is 3.07. The SMILES string of the molecule is Cc1ccc(Nc2cc(C)nc(COc3ccccc3Cl)n2)cc1. The van der Waals surface area contributed by atoms with E-state index in [-0.39, 0.29) is 6.61 Å². The number of para-hydroxylation sites is 1. The van der Waals surface area contributed by atoms with Crippen LogP contribution < -0.4 is 10.1 Å². The number of hydrogen-bond donors (Lipinski definition) is 1. The minimum Gasteiger partial charge on any atom is -0.484 e. The molecule has 122 valence electrons. The Bertz CT molecular complexity index is 834. The lowest BCUT2D eigenvalue weighted by molar-refractivity contribution is 0.296. The first-order valence-corrected chi connectivity index (χ1v) is 8.03. The van der Waals surface area contributed by atoms with Crippen molar-refractivity contribution in [1.82, 2.24) is 9.97 Å². The summed E-state index contributed by atoms with van der Waals surface area (Å²) in [6, 6.07) is 17.4. The molecule has 0 radical (unpaired) electrons. The molecule has 0 bridgehead atoms. The number of ether oxygens (including phenoxy) is 1. The van der Waals surface area contributed by atoms with Gasteiger partial charge in [-0.2, -0.15) is 0 Å². The molecule has 0 aliphatic carbocycles. The van der Waals surface area contributed by atoms with Gasteiger partial charge in [-0.1, -0.05) is 41.4 Å². The molecule has 1 N–H and O–H groups in total. The lowest BCUT2D eigenvalue weighted by atomic mass is 10.2. The van der Waals surface area contributed by atoms with E-state index in [1.165, 1.54) is 5.56 Å². The molecule has 2 aromatic carbocycles. The molecule has 0 spiro atoms. The summed E-state index contributed by atoms with van der Waals surface area (Å²) in [6.45, 7) is 4.25. The predicted molar refractivity (Wildman–Crippen MR) is 97.0 cm³/mol. The average Bonchev–Trinajstić information content (AvgIpc) is 2.56. The highest BCUT2D eigenvalue weighted by molar-refractivity contribution is 6.32. The number of benzene rings is 2. The van der Waals surface area contributed by atoms with Crippen molar-refractivity contribution in [3.63, 3.8) is 0 Å². The van der Waals surface area contributed by atoms with Crippen LogP contribution in [0.2, 0.25) is 5.02 Å². The monoisotopic (exact) mass is 339 g/mol. The molecule has 0 aliphatic rings. The molecule has 3 aromatic rings. The summed E-state index contributed by atoms with van der Waals surface area (Å²) in [5.74, 6) is 1.96. The highest BCUT2D eigenvalue weighted by Crippen LogP contribution is 2.24. The third-order valence-corrected chi connectivity index (χ3v) is 3.73. The first-order valence-electron chi connectivity index (χ1n) is 7.66. The van der Waals surface area contributed by atoms with Crippen molar-refractivity contribution in [2.75, 3.05) is 5.32 Å². The average molecular weight is 340 g/mol. The minimum absolute atomic E-state index is 0.258. The Kier molecular flexibility index (Phi) is 4.96. The van der Waals surface area contributed by atoms with Crippen LogP contribution in [0.25, 0.3) is 0 Å². The zero-order valence-corrected chi connectivity index (χ0v) is 14.3. The van der Waals surface area contributed by atoms with Gasteiger partial charge in [0.05, 0.1) is 5.02 Å². The van der Waals surface area contributed by atoms with Gasteiger partial charge in [-0.25, -0.2) is 9.97 Å². The number of nitrogens with one attached hydrogen (secondary N) is 1. The number of halogens is 1. The second kappa shape index (κ2) is 7.32. The van der Waals surface area contributed by atoms with Crippen molar-refractivity contribution in [1.29, 1.82) is 0 Å². The summed E-state index contributed by atoms with van der Waals surface area (Å²) >= 11 is 6.09. The van der Waals surface area contributed by atoms with Crippen LogP contribution in [0, 0.1) is 13.8 Å². The molecular weight excluding hydrogens is 322 g/mol. The summed E-state index contributed by atoms with van der Waals surface area (Å²) < 4.78 is 5.71. The van der Waals surface area contributed by atoms with E-state index in [9.17, 15) is 0 Å². The third kappa shape index (κ3) is 4.24. The van der Waals surface area contributed by atoms with Gasteiger partial charge < -0.3 is 10.1 Å². The van der Waals surface area contributed by atoms with Crippen LogP contribution in [0.1, 0.15) is 17.1 Å². The van der Waals surface area contributed by atoms with Gasteiger partial charge in [0.2, 0.25) is 0 Å². The van der Waals surface area contributed by atoms with E-state index in [0.29, 0.717) is 16.6 Å². The van der Waals surface area contributed by atoms with E-state index in [1.807, 2.05) is 43.3 Å². The third-order valence-electron chi connectivity index (χ3n) is 3.42. The van der Waals surface area contributed by atoms with Crippen molar-refractivity contribution in [3.05, 3.63) is 76.7 Å². The highest BCUT2D eigenvalue weighted by atomic mass is 35.5. The maximum atomic E-state index is 6.09. The fourth-order valence-electron chi connectivity index (χ4n) is 2.25. The Morgan fingerprint density at radius 1 is 1.00 bits per heavy atom. The number of rotatable bonds is 5. The van der Waals surface area contributed by atoms with Crippen molar-refractivity contribution in [2.24, 2.45) is 0 Å². The van der Waals surface area contributed by atoms with Crippen LogP contribution in [0.15, 0.2) is 54.6 Å². The summed E-state index contributed by atoms with van der Waals surface area (Å²) in [7, 11) is 0. The summed E-state index contributed by atoms with van der Waals surface area (Å²) in [5, 5.41) is 3.86. The van der Waals surface area contributed by atoms with Crippen LogP contribution in [0.3, 0.4) is 0 Å². The molecule has 4 nitrogen and oxygen atoms in total. The molecular formula is C19H18ClN3O. The maximum absolute atomic E-state index is 6.09. The minimum atomic E-state index is 0.258. The second-order valence-electron chi connectivity index (χ2n) is 5.52. The van der Waals surface area contributed by atoms with Crippen molar-refractivity contribution in [2.45, 2.75) is 20.5 Å². The van der Waals surface area contributed by atoms with Gasteiger partial charge in [0.15, 0.2) is 5.82 Å². The molecule has 0 saturated heterocycles. The molecule has 1 aromatic heterocycles. The Hall–Kier alpha value is -2.59. The number of aryl methyl sites for hydroxylation is 2. The van der Waals surface area contributed by atoms with Crippen LogP contribution in [-0.4, -0.2) is 9.97 Å². The molecule has 0 aliphatic heterocycles. The molecule has 5 heteroatoms. The molecule has 0 unspecified atom stereocenters. The quantitative estimate of drug-likeness (QED) is 0.705. The standard InChI is InChI=1S/C19H18ClN3O/c1-13-7-9-15(10-8-13)22-18-11-14(2)21-19(23-18)12-24-17-6-4-3-5-16(17)20/h3-11H,12H2,1-2H3,(H,21,22,23). The molecule has 24 heavy (non-hydrogen) atoms. The highest BCUT2D eigenvalue weighted by Gasteiger charge is 2.06. The van der Waals surface area contributed by atoms with Crippen molar-refractivity contribution >= 4 is 23.1 Å². The Morgan fingerprint density at radius 2 is 1.75 bits per heavy atom. The van der Waals surface area contributed by atoms with Gasteiger partial charge in [-0.05, 0) is 38.1 Å².